The van der Waals surface area contributed by atoms with E-state index in [4.69, 9.17) is 4.74 Å². The van der Waals surface area contributed by atoms with Crippen LogP contribution >= 0.6 is 15.9 Å². The fraction of sp³-hybridized carbons (Fsp3) is 0.467. The van der Waals surface area contributed by atoms with Gasteiger partial charge in [-0.05, 0) is 47.0 Å². The number of piperidine rings is 1. The summed E-state index contributed by atoms with van der Waals surface area (Å²) in [6.45, 7) is 1.27. The van der Waals surface area contributed by atoms with Crippen LogP contribution in [0.1, 0.15) is 23.2 Å². The van der Waals surface area contributed by atoms with E-state index in [9.17, 15) is 9.59 Å². The van der Waals surface area contributed by atoms with E-state index >= 15 is 0 Å². The Labute approximate surface area is 131 Å². The van der Waals surface area contributed by atoms with Crippen molar-refractivity contribution < 1.29 is 14.3 Å². The Hall–Kier alpha value is -1.56. The average Bonchev–Trinajstić information content (AvgIpc) is 2.88. The van der Waals surface area contributed by atoms with Gasteiger partial charge >= 0.3 is 0 Å². The van der Waals surface area contributed by atoms with E-state index in [1.54, 1.807) is 25.3 Å². The minimum absolute atomic E-state index is 0.0142. The number of amides is 2. The minimum atomic E-state index is -0.0515. The van der Waals surface area contributed by atoms with Crippen molar-refractivity contribution in [1.82, 2.24) is 10.2 Å². The topological polar surface area (TPSA) is 58.6 Å². The first-order valence-corrected chi connectivity index (χ1v) is 7.83. The van der Waals surface area contributed by atoms with E-state index in [1.165, 1.54) is 0 Å². The molecule has 2 unspecified atom stereocenters. The molecule has 2 saturated heterocycles. The zero-order valence-electron chi connectivity index (χ0n) is 11.8. The Morgan fingerprint density at radius 1 is 1.48 bits per heavy atom. The predicted molar refractivity (Wildman–Crippen MR) is 81.3 cm³/mol. The van der Waals surface area contributed by atoms with Crippen LogP contribution in [0.2, 0.25) is 0 Å². The lowest BCUT2D eigenvalue weighted by atomic mass is 9.91. The third-order valence-corrected chi connectivity index (χ3v) is 4.88. The van der Waals surface area contributed by atoms with Crippen LogP contribution in [-0.2, 0) is 4.79 Å². The van der Waals surface area contributed by atoms with Gasteiger partial charge in [-0.3, -0.25) is 9.59 Å². The molecule has 1 aromatic rings. The summed E-state index contributed by atoms with van der Waals surface area (Å²) in [4.78, 5) is 26.3. The summed E-state index contributed by atoms with van der Waals surface area (Å²) in [7, 11) is 1.59. The molecule has 1 N–H and O–H groups in total. The predicted octanol–water partition coefficient (Wildman–Crippen LogP) is 1.81. The number of hydrogen-bond donors (Lipinski definition) is 1. The van der Waals surface area contributed by atoms with Gasteiger partial charge in [0.05, 0.1) is 23.5 Å². The van der Waals surface area contributed by atoms with Crippen LogP contribution in [0.25, 0.3) is 0 Å². The Morgan fingerprint density at radius 3 is 3.00 bits per heavy atom. The molecule has 0 bridgehead atoms. The number of carbonyl (C=O) groups is 2. The van der Waals surface area contributed by atoms with Crippen molar-refractivity contribution in [1.29, 1.82) is 0 Å². The number of likely N-dealkylation sites (tertiary alicyclic amines) is 1. The van der Waals surface area contributed by atoms with Gasteiger partial charge in [-0.15, -0.1) is 0 Å². The second-order valence-corrected chi connectivity index (χ2v) is 6.26. The molecule has 2 fully saturated rings. The van der Waals surface area contributed by atoms with Crippen molar-refractivity contribution in [2.45, 2.75) is 18.9 Å². The molecular formula is C15H17BrN2O3. The number of fused-ring (bicyclic) bond motifs is 1. The van der Waals surface area contributed by atoms with Crippen LogP contribution in [0.3, 0.4) is 0 Å². The van der Waals surface area contributed by atoms with E-state index in [0.717, 1.165) is 17.3 Å². The summed E-state index contributed by atoms with van der Waals surface area (Å²) >= 11 is 3.40. The smallest absolute Gasteiger partial charge is 0.254 e. The highest BCUT2D eigenvalue weighted by Gasteiger charge is 2.42. The molecular weight excluding hydrogens is 336 g/mol. The molecule has 5 nitrogen and oxygen atoms in total. The summed E-state index contributed by atoms with van der Waals surface area (Å²) in [6, 6.07) is 5.30. The molecule has 2 aliphatic rings. The number of ether oxygens (including phenoxy) is 1. The number of hydrogen-bond acceptors (Lipinski definition) is 3. The third-order valence-electron chi connectivity index (χ3n) is 4.26. The van der Waals surface area contributed by atoms with Gasteiger partial charge in [-0.2, -0.15) is 0 Å². The molecule has 6 heteroatoms. The minimum Gasteiger partial charge on any atom is -0.496 e. The second kappa shape index (κ2) is 5.67. The van der Waals surface area contributed by atoms with Crippen molar-refractivity contribution in [2.75, 3.05) is 20.2 Å². The molecule has 0 saturated carbocycles. The molecule has 0 aromatic heterocycles. The normalized spacial score (nSPS) is 24.5. The summed E-state index contributed by atoms with van der Waals surface area (Å²) in [6.07, 6.45) is 1.74. The van der Waals surface area contributed by atoms with E-state index in [0.29, 0.717) is 24.4 Å². The highest BCUT2D eigenvalue weighted by atomic mass is 79.9. The molecule has 0 radical (unpaired) electrons. The van der Waals surface area contributed by atoms with Crippen molar-refractivity contribution in [2.24, 2.45) is 5.92 Å². The van der Waals surface area contributed by atoms with E-state index in [2.05, 4.69) is 21.2 Å². The van der Waals surface area contributed by atoms with Crippen LogP contribution in [0, 0.1) is 5.92 Å². The van der Waals surface area contributed by atoms with Crippen molar-refractivity contribution >= 4 is 27.7 Å². The lowest BCUT2D eigenvalue weighted by molar-refractivity contribution is -0.123. The first-order chi connectivity index (χ1) is 10.1. The van der Waals surface area contributed by atoms with Crippen molar-refractivity contribution in [3.63, 3.8) is 0 Å². The molecule has 21 heavy (non-hydrogen) atoms. The van der Waals surface area contributed by atoms with Gasteiger partial charge in [0, 0.05) is 18.7 Å². The average molecular weight is 353 g/mol. The maximum atomic E-state index is 12.7. The zero-order valence-corrected chi connectivity index (χ0v) is 13.4. The second-order valence-electron chi connectivity index (χ2n) is 5.41. The molecule has 2 atom stereocenters. The maximum Gasteiger partial charge on any atom is 0.254 e. The van der Waals surface area contributed by atoms with Crippen LogP contribution < -0.4 is 10.1 Å². The molecule has 2 amide bonds. The highest BCUT2D eigenvalue weighted by Crippen LogP contribution is 2.30. The number of nitrogens with zero attached hydrogens (tertiary/aromatic N) is 1. The number of carbonyl (C=O) groups excluding carboxylic acids is 2. The van der Waals surface area contributed by atoms with Gasteiger partial charge < -0.3 is 15.0 Å². The fourth-order valence-corrected chi connectivity index (χ4v) is 3.71. The number of rotatable bonds is 2. The summed E-state index contributed by atoms with van der Waals surface area (Å²) in [5, 5.41) is 2.87. The highest BCUT2D eigenvalue weighted by molar-refractivity contribution is 9.10. The van der Waals surface area contributed by atoms with E-state index in [1.807, 2.05) is 4.90 Å². The fourth-order valence-electron chi connectivity index (χ4n) is 3.17. The molecule has 0 aliphatic carbocycles. The van der Waals surface area contributed by atoms with Crippen LogP contribution in [0.4, 0.5) is 0 Å². The van der Waals surface area contributed by atoms with Gasteiger partial charge in [0.2, 0.25) is 5.91 Å². The van der Waals surface area contributed by atoms with Gasteiger partial charge in [-0.25, -0.2) is 0 Å². The lowest BCUT2D eigenvalue weighted by Crippen LogP contribution is -2.48. The number of nitrogens with one attached hydrogen (secondary N) is 1. The van der Waals surface area contributed by atoms with Crippen molar-refractivity contribution in [3.05, 3.63) is 28.2 Å². The molecule has 2 aliphatic heterocycles. The van der Waals surface area contributed by atoms with Crippen molar-refractivity contribution in [3.8, 4) is 5.75 Å². The largest absolute Gasteiger partial charge is 0.496 e. The van der Waals surface area contributed by atoms with E-state index in [-0.39, 0.29) is 23.8 Å². The summed E-state index contributed by atoms with van der Waals surface area (Å²) < 4.78 is 5.94. The van der Waals surface area contributed by atoms with Gasteiger partial charge in [0.15, 0.2) is 0 Å². The molecule has 0 spiro atoms. The molecule has 1 aromatic carbocycles. The molecule has 2 heterocycles. The molecule has 3 rings (SSSR count). The lowest BCUT2D eigenvalue weighted by Gasteiger charge is -2.36. The first-order valence-electron chi connectivity index (χ1n) is 7.04. The number of methoxy groups -OCH3 is 1. The Balaban J connectivity index is 1.84. The Bertz CT molecular complexity index is 590. The van der Waals surface area contributed by atoms with Gasteiger partial charge in [-0.1, -0.05) is 0 Å². The monoisotopic (exact) mass is 352 g/mol. The zero-order chi connectivity index (χ0) is 15.0. The third kappa shape index (κ3) is 2.52. The standard InChI is InChI=1S/C15H17BrN2O3/c1-21-13-5-4-9(7-11(13)16)15(20)18-6-2-3-10-12(18)8-17-14(10)19/h4-5,7,10,12H,2-3,6,8H2,1H3,(H,17,19). The van der Waals surface area contributed by atoms with Crippen LogP contribution in [0.5, 0.6) is 5.75 Å². The van der Waals surface area contributed by atoms with Gasteiger partial charge in [0.25, 0.3) is 5.91 Å². The quantitative estimate of drug-likeness (QED) is 0.882. The SMILES string of the molecule is COc1ccc(C(=O)N2CCCC3C(=O)NCC32)cc1Br. The van der Waals surface area contributed by atoms with E-state index < -0.39 is 0 Å². The Morgan fingerprint density at radius 2 is 2.29 bits per heavy atom. The number of halogens is 1. The summed E-state index contributed by atoms with van der Waals surface area (Å²) in [5.74, 6) is 0.697. The number of benzene rings is 1. The van der Waals surface area contributed by atoms with Gasteiger partial charge in [0.1, 0.15) is 5.75 Å². The molecule has 112 valence electrons. The maximum absolute atomic E-state index is 12.7. The van der Waals surface area contributed by atoms with Crippen LogP contribution in [0.15, 0.2) is 22.7 Å². The summed E-state index contributed by atoms with van der Waals surface area (Å²) in [5.41, 5.74) is 0.614. The van der Waals surface area contributed by atoms with Crippen LogP contribution in [-0.4, -0.2) is 43.0 Å². The Kier molecular flexibility index (Phi) is 3.89. The first kappa shape index (κ1) is 14.4.